The highest BCUT2D eigenvalue weighted by molar-refractivity contribution is 9.10. The summed E-state index contributed by atoms with van der Waals surface area (Å²) < 4.78 is 6.27. The lowest BCUT2D eigenvalue weighted by molar-refractivity contribution is 0.117. The Kier molecular flexibility index (Phi) is 6.18. The molecule has 2 aromatic rings. The maximum atomic E-state index is 9.93. The lowest BCUT2D eigenvalue weighted by Gasteiger charge is -2.16. The summed E-state index contributed by atoms with van der Waals surface area (Å²) in [5.74, 6) is 0.719. The van der Waals surface area contributed by atoms with E-state index >= 15 is 0 Å². The van der Waals surface area contributed by atoms with Crippen LogP contribution in [-0.2, 0) is 0 Å². The summed E-state index contributed by atoms with van der Waals surface area (Å²) >= 11 is 15.5. The van der Waals surface area contributed by atoms with Gasteiger partial charge in [0.05, 0.1) is 15.7 Å². The maximum Gasteiger partial charge on any atom is 0.119 e. The lowest BCUT2D eigenvalue weighted by atomic mass is 10.3. The summed E-state index contributed by atoms with van der Waals surface area (Å²) in [7, 11) is 0. The first-order chi connectivity index (χ1) is 10.1. The fourth-order valence-electron chi connectivity index (χ4n) is 1.70. The van der Waals surface area contributed by atoms with Crippen LogP contribution in [0.5, 0.6) is 5.75 Å². The average molecular weight is 391 g/mol. The van der Waals surface area contributed by atoms with Crippen molar-refractivity contribution >= 4 is 44.8 Å². The molecule has 1 atom stereocenters. The number of hydrogen-bond acceptors (Lipinski definition) is 3. The van der Waals surface area contributed by atoms with Gasteiger partial charge in [-0.2, -0.15) is 0 Å². The van der Waals surface area contributed by atoms with Crippen molar-refractivity contribution in [3.8, 4) is 5.75 Å². The predicted molar refractivity (Wildman–Crippen MR) is 90.6 cm³/mol. The molecule has 0 amide bonds. The minimum atomic E-state index is -0.680. The zero-order valence-electron chi connectivity index (χ0n) is 11.0. The van der Waals surface area contributed by atoms with Crippen LogP contribution >= 0.6 is 39.1 Å². The van der Waals surface area contributed by atoms with Crippen LogP contribution in [0, 0.1) is 0 Å². The van der Waals surface area contributed by atoms with Crippen molar-refractivity contribution in [2.24, 2.45) is 0 Å². The second-order valence-electron chi connectivity index (χ2n) is 4.40. The summed E-state index contributed by atoms with van der Waals surface area (Å²) in [6, 6.07) is 12.8. The van der Waals surface area contributed by atoms with Crippen molar-refractivity contribution in [1.29, 1.82) is 0 Å². The van der Waals surface area contributed by atoms with Gasteiger partial charge in [0.2, 0.25) is 0 Å². The number of para-hydroxylation sites is 1. The van der Waals surface area contributed by atoms with Crippen molar-refractivity contribution in [3.05, 3.63) is 57.0 Å². The third-order valence-electron chi connectivity index (χ3n) is 2.71. The molecular weight excluding hydrogens is 377 g/mol. The number of halogens is 3. The van der Waals surface area contributed by atoms with Gasteiger partial charge in [0, 0.05) is 11.0 Å². The van der Waals surface area contributed by atoms with Gasteiger partial charge in [-0.1, -0.05) is 57.3 Å². The van der Waals surface area contributed by atoms with Crippen LogP contribution in [0.3, 0.4) is 0 Å². The van der Waals surface area contributed by atoms with Crippen LogP contribution in [0.2, 0.25) is 10.0 Å². The topological polar surface area (TPSA) is 41.5 Å². The van der Waals surface area contributed by atoms with Crippen LogP contribution in [0.4, 0.5) is 5.69 Å². The Morgan fingerprint density at radius 1 is 1.14 bits per heavy atom. The Bertz CT molecular complexity index is 572. The molecule has 1 unspecified atom stereocenters. The van der Waals surface area contributed by atoms with Crippen LogP contribution in [-0.4, -0.2) is 24.4 Å². The van der Waals surface area contributed by atoms with E-state index in [-0.39, 0.29) is 13.2 Å². The Balaban J connectivity index is 1.85. The second-order valence-corrected chi connectivity index (χ2v) is 6.13. The van der Waals surface area contributed by atoms with Gasteiger partial charge in [0.15, 0.2) is 0 Å². The zero-order valence-corrected chi connectivity index (χ0v) is 14.1. The van der Waals surface area contributed by atoms with E-state index in [1.807, 2.05) is 30.3 Å². The van der Waals surface area contributed by atoms with Crippen molar-refractivity contribution < 1.29 is 9.84 Å². The molecule has 0 bridgehead atoms. The first-order valence-corrected chi connectivity index (χ1v) is 7.85. The highest BCUT2D eigenvalue weighted by atomic mass is 79.9. The van der Waals surface area contributed by atoms with Gasteiger partial charge in [-0.05, 0) is 24.3 Å². The smallest absolute Gasteiger partial charge is 0.119 e. The fraction of sp³-hybridized carbons (Fsp3) is 0.200. The largest absolute Gasteiger partial charge is 0.491 e. The van der Waals surface area contributed by atoms with Crippen LogP contribution < -0.4 is 10.1 Å². The van der Waals surface area contributed by atoms with Gasteiger partial charge >= 0.3 is 0 Å². The number of ether oxygens (including phenoxy) is 1. The SMILES string of the molecule is OC(CNc1c(Cl)cc(Br)cc1Cl)COc1ccccc1. The van der Waals surface area contributed by atoms with E-state index in [9.17, 15) is 5.11 Å². The zero-order chi connectivity index (χ0) is 15.2. The normalized spacial score (nSPS) is 12.0. The molecule has 3 nitrogen and oxygen atoms in total. The van der Waals surface area contributed by atoms with Gasteiger partial charge in [-0.25, -0.2) is 0 Å². The number of hydrogen-bond donors (Lipinski definition) is 2. The van der Waals surface area contributed by atoms with E-state index in [1.165, 1.54) is 0 Å². The Morgan fingerprint density at radius 3 is 2.38 bits per heavy atom. The molecule has 2 N–H and O–H groups in total. The third-order valence-corrected chi connectivity index (χ3v) is 3.76. The predicted octanol–water partition coefficient (Wildman–Crippen LogP) is 4.61. The molecule has 0 aliphatic rings. The standard InChI is InChI=1S/C15H14BrCl2NO2/c16-10-6-13(17)15(14(18)7-10)19-8-11(20)9-21-12-4-2-1-3-5-12/h1-7,11,19-20H,8-9H2. The molecule has 0 saturated carbocycles. The van der Waals surface area contributed by atoms with Crippen LogP contribution in [0.1, 0.15) is 0 Å². The van der Waals surface area contributed by atoms with Gasteiger partial charge < -0.3 is 15.2 Å². The number of aliphatic hydroxyl groups excluding tert-OH is 1. The summed E-state index contributed by atoms with van der Waals surface area (Å²) in [4.78, 5) is 0. The number of aliphatic hydroxyl groups is 1. The number of anilines is 1. The highest BCUT2D eigenvalue weighted by Gasteiger charge is 2.10. The summed E-state index contributed by atoms with van der Waals surface area (Å²) in [6.45, 7) is 0.469. The van der Waals surface area contributed by atoms with Crippen molar-refractivity contribution in [2.75, 3.05) is 18.5 Å². The van der Waals surface area contributed by atoms with Crippen LogP contribution in [0.25, 0.3) is 0 Å². The fourth-order valence-corrected chi connectivity index (χ4v) is 3.04. The van der Waals surface area contributed by atoms with E-state index < -0.39 is 6.10 Å². The highest BCUT2D eigenvalue weighted by Crippen LogP contribution is 2.33. The first-order valence-electron chi connectivity index (χ1n) is 6.30. The molecule has 2 rings (SSSR count). The van der Waals surface area contributed by atoms with Crippen LogP contribution in [0.15, 0.2) is 46.9 Å². The molecule has 0 spiro atoms. The van der Waals surface area contributed by atoms with E-state index in [1.54, 1.807) is 12.1 Å². The van der Waals surface area contributed by atoms with Gasteiger partial charge in [0.25, 0.3) is 0 Å². The molecule has 21 heavy (non-hydrogen) atoms. The van der Waals surface area contributed by atoms with E-state index in [0.717, 1.165) is 10.2 Å². The van der Waals surface area contributed by atoms with Gasteiger partial charge in [-0.15, -0.1) is 0 Å². The Hall–Kier alpha value is -0.940. The van der Waals surface area contributed by atoms with Gasteiger partial charge in [-0.3, -0.25) is 0 Å². The first kappa shape index (κ1) is 16.4. The average Bonchev–Trinajstić information content (AvgIpc) is 2.45. The monoisotopic (exact) mass is 389 g/mol. The van der Waals surface area contributed by atoms with E-state index in [0.29, 0.717) is 15.7 Å². The summed E-state index contributed by atoms with van der Waals surface area (Å²) in [5, 5.41) is 13.9. The molecule has 0 fully saturated rings. The molecule has 112 valence electrons. The molecular formula is C15H14BrCl2NO2. The molecule has 0 aromatic heterocycles. The number of nitrogens with one attached hydrogen (secondary N) is 1. The van der Waals surface area contributed by atoms with Crippen molar-refractivity contribution in [2.45, 2.75) is 6.10 Å². The second kappa shape index (κ2) is 7.90. The Labute approximate surface area is 142 Å². The molecule has 0 aliphatic heterocycles. The van der Waals surface area contributed by atoms with E-state index in [2.05, 4.69) is 21.2 Å². The lowest BCUT2D eigenvalue weighted by Crippen LogP contribution is -2.26. The minimum absolute atomic E-state index is 0.183. The molecule has 0 aliphatic carbocycles. The minimum Gasteiger partial charge on any atom is -0.491 e. The summed E-state index contributed by atoms with van der Waals surface area (Å²) in [5.41, 5.74) is 0.597. The third kappa shape index (κ3) is 5.08. The number of rotatable bonds is 6. The summed E-state index contributed by atoms with van der Waals surface area (Å²) in [6.07, 6.45) is -0.680. The molecule has 6 heteroatoms. The quantitative estimate of drug-likeness (QED) is 0.756. The Morgan fingerprint density at radius 2 is 1.76 bits per heavy atom. The maximum absolute atomic E-state index is 9.93. The molecule has 2 aromatic carbocycles. The van der Waals surface area contributed by atoms with E-state index in [4.69, 9.17) is 27.9 Å². The number of benzene rings is 2. The van der Waals surface area contributed by atoms with Gasteiger partial charge in [0.1, 0.15) is 18.5 Å². The molecule has 0 radical (unpaired) electrons. The molecule has 0 heterocycles. The van der Waals surface area contributed by atoms with Crippen molar-refractivity contribution in [3.63, 3.8) is 0 Å². The van der Waals surface area contributed by atoms with Crippen molar-refractivity contribution in [1.82, 2.24) is 0 Å². The molecule has 0 saturated heterocycles.